The van der Waals surface area contributed by atoms with Crippen molar-refractivity contribution in [1.82, 2.24) is 14.5 Å². The molecule has 2 aromatic heterocycles. The first-order chi connectivity index (χ1) is 11.4. The zero-order valence-electron chi connectivity index (χ0n) is 14.5. The number of carbonyl (C=O) groups excluding carboxylic acids is 1. The van der Waals surface area contributed by atoms with Crippen molar-refractivity contribution in [2.24, 2.45) is 12.9 Å². The molecule has 0 unspecified atom stereocenters. The van der Waals surface area contributed by atoms with Crippen LogP contribution in [0.1, 0.15) is 32.3 Å². The summed E-state index contributed by atoms with van der Waals surface area (Å²) in [5.41, 5.74) is 3.11. The highest BCUT2D eigenvalue weighted by atomic mass is 16.1. The maximum absolute atomic E-state index is 13.1. The number of imidazole rings is 1. The Morgan fingerprint density at radius 1 is 1.48 bits per heavy atom. The fraction of sp³-hybridized carbons (Fsp3) is 0.294. The highest BCUT2D eigenvalue weighted by Gasteiger charge is 2.28. The lowest BCUT2D eigenvalue weighted by Gasteiger charge is -2.19. The molecule has 1 atom stereocenters. The minimum absolute atomic E-state index is 0.00875. The van der Waals surface area contributed by atoms with E-state index in [4.69, 9.17) is 4.11 Å². The molecule has 1 aliphatic rings. The second-order valence-corrected chi connectivity index (χ2v) is 5.56. The Balaban J connectivity index is 1.76. The first-order valence-corrected chi connectivity index (χ1v) is 7.11. The zero-order chi connectivity index (χ0) is 16.9. The van der Waals surface area contributed by atoms with E-state index in [0.29, 0.717) is 22.9 Å². The van der Waals surface area contributed by atoms with Crippen LogP contribution in [-0.2, 0) is 19.8 Å². The largest absolute Gasteiger partial charge is 0.350 e. The van der Waals surface area contributed by atoms with Gasteiger partial charge < -0.3 is 9.55 Å². The van der Waals surface area contributed by atoms with E-state index in [1.165, 1.54) is 10.8 Å². The number of ketones is 1. The number of hydrogen-bond acceptors (Lipinski definition) is 2. The first kappa shape index (κ1) is 9.55. The number of rotatable bonds is 2. The van der Waals surface area contributed by atoms with Gasteiger partial charge >= 0.3 is 0 Å². The Hall–Kier alpha value is -2.36. The minimum atomic E-state index is -2.30. The number of carbonyl (C=O) groups is 1. The van der Waals surface area contributed by atoms with Gasteiger partial charge in [-0.05, 0) is 25.3 Å². The highest BCUT2D eigenvalue weighted by molar-refractivity contribution is 6.09. The number of nitrogens with one attached hydrogen (secondary N) is 1. The number of H-pyrrole nitrogens is 1. The van der Waals surface area contributed by atoms with Gasteiger partial charge in [0.15, 0.2) is 5.78 Å². The smallest absolute Gasteiger partial charge is 0.168 e. The molecule has 0 saturated heterocycles. The summed E-state index contributed by atoms with van der Waals surface area (Å²) in [7, 11) is 0. The summed E-state index contributed by atoms with van der Waals surface area (Å²) in [4.78, 5) is 20.4. The number of nitrogens with zero attached hydrogens (tertiary/aromatic N) is 2. The van der Waals surface area contributed by atoms with Gasteiger partial charge in [-0.1, -0.05) is 18.2 Å². The molecule has 1 aromatic carbocycles. The molecule has 1 N–H and O–H groups in total. The van der Waals surface area contributed by atoms with Gasteiger partial charge in [-0.15, -0.1) is 0 Å². The molecule has 4 rings (SSSR count). The van der Waals surface area contributed by atoms with Crippen LogP contribution in [-0.4, -0.2) is 20.3 Å². The van der Waals surface area contributed by atoms with Crippen molar-refractivity contribution < 1.29 is 8.91 Å². The van der Waals surface area contributed by atoms with E-state index >= 15 is 0 Å². The van der Waals surface area contributed by atoms with Gasteiger partial charge in [0, 0.05) is 45.4 Å². The van der Waals surface area contributed by atoms with Crippen LogP contribution in [0.3, 0.4) is 0 Å². The second kappa shape index (κ2) is 4.58. The summed E-state index contributed by atoms with van der Waals surface area (Å²) in [6.45, 7) is -2.30. The fourth-order valence-electron chi connectivity index (χ4n) is 3.22. The van der Waals surface area contributed by atoms with Crippen LogP contribution in [0, 0.1) is 5.92 Å². The zero-order valence-corrected chi connectivity index (χ0v) is 11.5. The van der Waals surface area contributed by atoms with Crippen LogP contribution < -0.4 is 0 Å². The molecule has 21 heavy (non-hydrogen) atoms. The van der Waals surface area contributed by atoms with Crippen molar-refractivity contribution in [3.05, 3.63) is 53.7 Å². The molecule has 3 aromatic rings. The number of Topliss-reactive ketones (excluding diaryl/α,β-unsaturated/α-hetero) is 1. The Bertz CT molecular complexity index is 923. The van der Waals surface area contributed by atoms with E-state index in [0.717, 1.165) is 24.2 Å². The number of aryl methyl sites for hydroxylation is 2. The molecule has 2 heterocycles. The summed E-state index contributed by atoms with van der Waals surface area (Å²) in [5, 5.41) is 0.703. The van der Waals surface area contributed by atoms with Crippen LogP contribution in [0.25, 0.3) is 10.9 Å². The standard InChI is InChI=1S/C17H17N3O/c1-20-9-13(12-4-2-3-5-16(12)20)17(21)11-6-7-14-15(8-11)19-10-18-14/h2-5,9-11H,6-8H2,1H3,(H,18,19)/t11-/m1/s1/i1T3. The van der Waals surface area contributed by atoms with Crippen molar-refractivity contribution in [2.45, 2.75) is 19.3 Å². The number of benzene rings is 1. The minimum Gasteiger partial charge on any atom is -0.350 e. The normalized spacial score (nSPS) is 20.6. The molecule has 0 spiro atoms. The van der Waals surface area contributed by atoms with Crippen molar-refractivity contribution in [1.29, 1.82) is 0 Å². The van der Waals surface area contributed by atoms with E-state index in [-0.39, 0.29) is 11.7 Å². The summed E-state index contributed by atoms with van der Waals surface area (Å²) in [5.74, 6) is -0.136. The van der Waals surface area contributed by atoms with Crippen LogP contribution >= 0.6 is 0 Å². The van der Waals surface area contributed by atoms with Crippen molar-refractivity contribution >= 4 is 16.7 Å². The van der Waals surface area contributed by atoms with Gasteiger partial charge in [0.25, 0.3) is 0 Å². The van der Waals surface area contributed by atoms with E-state index in [1.54, 1.807) is 18.5 Å². The molecule has 0 bridgehead atoms. The predicted molar refractivity (Wildman–Crippen MR) is 81.4 cm³/mol. The van der Waals surface area contributed by atoms with Crippen LogP contribution in [0.5, 0.6) is 0 Å². The SMILES string of the molecule is [3H]C([3H])([3H])n1cc(C(=O)[C@@H]2CCc3nc[nH]c3C2)c2ccccc21. The lowest BCUT2D eigenvalue weighted by atomic mass is 9.84. The van der Waals surface area contributed by atoms with Crippen LogP contribution in [0.15, 0.2) is 36.8 Å². The predicted octanol–water partition coefficient (Wildman–Crippen LogP) is 2.89. The quantitative estimate of drug-likeness (QED) is 0.736. The fourth-order valence-corrected chi connectivity index (χ4v) is 3.22. The van der Waals surface area contributed by atoms with Crippen LogP contribution in [0.4, 0.5) is 0 Å². The van der Waals surface area contributed by atoms with E-state index < -0.39 is 6.98 Å². The number of fused-ring (bicyclic) bond motifs is 2. The Morgan fingerprint density at radius 3 is 3.29 bits per heavy atom. The topological polar surface area (TPSA) is 50.7 Å². The van der Waals surface area contributed by atoms with Crippen LogP contribution in [0.2, 0.25) is 0 Å². The summed E-state index contributed by atoms with van der Waals surface area (Å²) < 4.78 is 24.3. The molecule has 1 aliphatic carbocycles. The molecule has 0 amide bonds. The summed E-state index contributed by atoms with van der Waals surface area (Å²) >= 11 is 0. The third-order valence-corrected chi connectivity index (χ3v) is 4.34. The van der Waals surface area contributed by atoms with Gasteiger partial charge in [0.1, 0.15) is 0 Å². The van der Waals surface area contributed by atoms with E-state index in [9.17, 15) is 4.79 Å². The Morgan fingerprint density at radius 2 is 2.38 bits per heavy atom. The molecule has 0 radical (unpaired) electrons. The number of hydrogen-bond donors (Lipinski definition) is 1. The molecule has 0 aliphatic heterocycles. The maximum Gasteiger partial charge on any atom is 0.168 e. The van der Waals surface area contributed by atoms with E-state index in [2.05, 4.69) is 9.97 Å². The summed E-state index contributed by atoms with van der Waals surface area (Å²) in [6, 6.07) is 7.18. The molecule has 106 valence electrons. The average Bonchev–Trinajstić information content (AvgIpc) is 3.17. The maximum atomic E-state index is 13.1. The van der Waals surface area contributed by atoms with Gasteiger partial charge in [0.2, 0.25) is 0 Å². The third-order valence-electron chi connectivity index (χ3n) is 4.34. The molecule has 0 saturated carbocycles. The first-order valence-electron chi connectivity index (χ1n) is 8.61. The average molecular weight is 285 g/mol. The van der Waals surface area contributed by atoms with Crippen molar-refractivity contribution in [3.8, 4) is 0 Å². The monoisotopic (exact) mass is 285 g/mol. The molecule has 4 nitrogen and oxygen atoms in total. The molecular formula is C17H17N3O. The molecule has 0 fully saturated rings. The molecular weight excluding hydrogens is 262 g/mol. The summed E-state index contributed by atoms with van der Waals surface area (Å²) in [6.07, 6.45) is 5.29. The van der Waals surface area contributed by atoms with Gasteiger partial charge in [-0.3, -0.25) is 4.79 Å². The lowest BCUT2D eigenvalue weighted by molar-refractivity contribution is 0.0909. The second-order valence-electron chi connectivity index (χ2n) is 5.56. The third kappa shape index (κ3) is 1.90. The Kier molecular flexibility index (Phi) is 2.09. The van der Waals surface area contributed by atoms with E-state index in [1.807, 2.05) is 12.1 Å². The van der Waals surface area contributed by atoms with Gasteiger partial charge in [0.05, 0.1) is 12.0 Å². The van der Waals surface area contributed by atoms with Crippen molar-refractivity contribution in [2.75, 3.05) is 0 Å². The Labute approximate surface area is 127 Å². The van der Waals surface area contributed by atoms with Gasteiger partial charge in [-0.25, -0.2) is 4.98 Å². The van der Waals surface area contributed by atoms with Crippen molar-refractivity contribution in [3.63, 3.8) is 0 Å². The molecule has 4 heteroatoms. The lowest BCUT2D eigenvalue weighted by Crippen LogP contribution is -2.22. The highest BCUT2D eigenvalue weighted by Crippen LogP contribution is 2.29. The number of aromatic amines is 1. The van der Waals surface area contributed by atoms with Gasteiger partial charge in [-0.2, -0.15) is 0 Å². The number of aromatic nitrogens is 3. The number of para-hydroxylation sites is 1.